The van der Waals surface area contributed by atoms with Gasteiger partial charge in [-0.15, -0.1) is 0 Å². The van der Waals surface area contributed by atoms with Crippen molar-refractivity contribution in [3.63, 3.8) is 0 Å². The predicted octanol–water partition coefficient (Wildman–Crippen LogP) is 7.22. The Hall–Kier alpha value is -3.53. The molecule has 0 spiro atoms. The number of aryl methyl sites for hydroxylation is 1. The largest absolute Gasteiger partial charge is 0.489 e. The summed E-state index contributed by atoms with van der Waals surface area (Å²) in [6.07, 6.45) is 8.69. The summed E-state index contributed by atoms with van der Waals surface area (Å²) in [5.41, 5.74) is 6.21. The van der Waals surface area contributed by atoms with Crippen LogP contribution in [0.4, 0.5) is 8.78 Å². The second kappa shape index (κ2) is 15.1. The summed E-state index contributed by atoms with van der Waals surface area (Å²) in [6.45, 7) is 3.89. The summed E-state index contributed by atoms with van der Waals surface area (Å²) in [5, 5.41) is 3.36. The number of carbonyl (C=O) groups is 1. The fourth-order valence-electron chi connectivity index (χ4n) is 6.62. The minimum Gasteiger partial charge on any atom is -0.489 e. The van der Waals surface area contributed by atoms with Crippen LogP contribution in [-0.2, 0) is 22.5 Å². The van der Waals surface area contributed by atoms with E-state index in [0.29, 0.717) is 44.5 Å². The van der Waals surface area contributed by atoms with Crippen LogP contribution in [0.1, 0.15) is 67.2 Å². The van der Waals surface area contributed by atoms with Gasteiger partial charge in [-0.2, -0.15) is 0 Å². The molecule has 1 N–H and O–H groups in total. The van der Waals surface area contributed by atoms with Crippen LogP contribution in [0.15, 0.2) is 54.2 Å². The Labute approximate surface area is 280 Å². The van der Waals surface area contributed by atoms with E-state index in [1.807, 2.05) is 13.0 Å². The number of halogens is 3. The molecule has 3 aliphatic rings. The molecule has 1 aromatic heterocycles. The number of fused-ring (bicyclic) bond motifs is 2. The fraction of sp³-hybridized carbons (Fsp3) is 0.459. The van der Waals surface area contributed by atoms with E-state index >= 15 is 0 Å². The minimum absolute atomic E-state index is 0.0441. The van der Waals surface area contributed by atoms with Crippen LogP contribution in [0.2, 0.25) is 5.02 Å². The van der Waals surface area contributed by atoms with Crippen molar-refractivity contribution in [2.45, 2.75) is 83.0 Å². The maximum Gasteiger partial charge on any atom is 0.252 e. The summed E-state index contributed by atoms with van der Waals surface area (Å²) >= 11 is 5.88. The van der Waals surface area contributed by atoms with Crippen molar-refractivity contribution in [3.05, 3.63) is 93.1 Å². The summed E-state index contributed by atoms with van der Waals surface area (Å²) in [6, 6.07) is 13.0. The maximum atomic E-state index is 14.5. The Morgan fingerprint density at radius 3 is 2.51 bits per heavy atom. The van der Waals surface area contributed by atoms with E-state index in [4.69, 9.17) is 25.8 Å². The van der Waals surface area contributed by atoms with Crippen molar-refractivity contribution in [1.29, 1.82) is 0 Å². The van der Waals surface area contributed by atoms with E-state index in [0.717, 1.165) is 84.1 Å². The molecular formula is C37H42ClF2N3O4. The summed E-state index contributed by atoms with van der Waals surface area (Å²) < 4.78 is 44.3. The maximum absolute atomic E-state index is 14.5. The fourth-order valence-corrected chi connectivity index (χ4v) is 6.83. The Kier molecular flexibility index (Phi) is 10.7. The molecule has 6 rings (SSSR count). The standard InChI is InChI=1S/C37H42ClF2N3O4/c1-23-26(16-17-41-36(23)47-20-4-18-45-2)22-43(28-11-12-28)37(44)33-29(21-27-10-15-32(33)42-27)25-8-6-24(7-9-25)5-3-19-46-35-31(40)14-13-30(39)34(35)38/h6-9,13-14,16-17,27-28,32,42H,3-5,10-12,15,18-22H2,1-2H3/t27-,32?/m0/s1. The normalized spacial score (nSPS) is 18.8. The molecule has 3 aromatic rings. The lowest BCUT2D eigenvalue weighted by atomic mass is 9.88. The van der Waals surface area contributed by atoms with E-state index in [1.165, 1.54) is 0 Å². The van der Waals surface area contributed by atoms with Gasteiger partial charge >= 0.3 is 0 Å². The van der Waals surface area contributed by atoms with Crippen molar-refractivity contribution in [2.75, 3.05) is 26.9 Å². The van der Waals surface area contributed by atoms with Gasteiger partial charge in [0, 0.05) is 62.1 Å². The lowest BCUT2D eigenvalue weighted by Gasteiger charge is -2.32. The van der Waals surface area contributed by atoms with Gasteiger partial charge in [0.15, 0.2) is 11.6 Å². The zero-order valence-corrected chi connectivity index (χ0v) is 27.8. The van der Waals surface area contributed by atoms with Gasteiger partial charge < -0.3 is 24.4 Å². The first-order valence-corrected chi connectivity index (χ1v) is 16.9. The smallest absolute Gasteiger partial charge is 0.252 e. The molecule has 1 amide bonds. The average molecular weight is 666 g/mol. The zero-order chi connectivity index (χ0) is 32.9. The van der Waals surface area contributed by atoms with Gasteiger partial charge in [0.1, 0.15) is 10.8 Å². The highest BCUT2D eigenvalue weighted by Crippen LogP contribution is 2.40. The SMILES string of the molecule is COCCCOc1nccc(CN(C(=O)C2=C(c3ccc(CCCOc4c(F)ccc(F)c4Cl)cc3)C[C@@H]3CCC2N3)C2CC2)c1C. The molecule has 0 radical (unpaired) electrons. The molecule has 2 fully saturated rings. The second-order valence-corrected chi connectivity index (χ2v) is 13.0. The second-order valence-electron chi connectivity index (χ2n) is 12.7. The zero-order valence-electron chi connectivity index (χ0n) is 27.0. The molecular weight excluding hydrogens is 624 g/mol. The average Bonchev–Trinajstić information content (AvgIpc) is 3.86. The van der Waals surface area contributed by atoms with Gasteiger partial charge in [0.25, 0.3) is 5.91 Å². The lowest BCUT2D eigenvalue weighted by molar-refractivity contribution is -0.128. The molecule has 2 aliphatic heterocycles. The van der Waals surface area contributed by atoms with Crippen molar-refractivity contribution in [2.24, 2.45) is 0 Å². The van der Waals surface area contributed by atoms with Gasteiger partial charge in [-0.3, -0.25) is 4.79 Å². The Bertz CT molecular complexity index is 1610. The van der Waals surface area contributed by atoms with Crippen LogP contribution in [0.25, 0.3) is 5.57 Å². The Morgan fingerprint density at radius 1 is 0.979 bits per heavy atom. The number of amides is 1. The van der Waals surface area contributed by atoms with E-state index in [1.54, 1.807) is 13.3 Å². The van der Waals surface area contributed by atoms with Crippen LogP contribution < -0.4 is 14.8 Å². The molecule has 1 aliphatic carbocycles. The van der Waals surface area contributed by atoms with E-state index in [9.17, 15) is 13.6 Å². The van der Waals surface area contributed by atoms with Crippen LogP contribution in [0, 0.1) is 18.6 Å². The molecule has 47 heavy (non-hydrogen) atoms. The predicted molar refractivity (Wildman–Crippen MR) is 178 cm³/mol. The van der Waals surface area contributed by atoms with Gasteiger partial charge in [-0.1, -0.05) is 35.9 Å². The Balaban J connectivity index is 1.16. The number of hydrogen-bond donors (Lipinski definition) is 1. The van der Waals surface area contributed by atoms with Gasteiger partial charge in [-0.05, 0) is 92.3 Å². The molecule has 7 nitrogen and oxygen atoms in total. The van der Waals surface area contributed by atoms with Crippen molar-refractivity contribution in [3.8, 4) is 11.6 Å². The third kappa shape index (κ3) is 7.79. The molecule has 2 aromatic carbocycles. The lowest BCUT2D eigenvalue weighted by Crippen LogP contribution is -2.44. The third-order valence-electron chi connectivity index (χ3n) is 9.35. The first-order valence-electron chi connectivity index (χ1n) is 16.6. The molecule has 2 bridgehead atoms. The van der Waals surface area contributed by atoms with Gasteiger partial charge in [-0.25, -0.2) is 13.8 Å². The van der Waals surface area contributed by atoms with Gasteiger partial charge in [0.05, 0.1) is 13.2 Å². The van der Waals surface area contributed by atoms with Crippen LogP contribution >= 0.6 is 11.6 Å². The molecule has 10 heteroatoms. The van der Waals surface area contributed by atoms with Gasteiger partial charge in [0.2, 0.25) is 5.88 Å². The number of benzene rings is 2. The minimum atomic E-state index is -0.710. The topological polar surface area (TPSA) is 72.9 Å². The van der Waals surface area contributed by atoms with Crippen molar-refractivity contribution >= 4 is 23.1 Å². The number of carbonyl (C=O) groups excluding carboxylic acids is 1. The quantitative estimate of drug-likeness (QED) is 0.137. The summed E-state index contributed by atoms with van der Waals surface area (Å²) in [7, 11) is 1.68. The highest BCUT2D eigenvalue weighted by atomic mass is 35.5. The molecule has 1 unspecified atom stereocenters. The number of ether oxygens (including phenoxy) is 3. The van der Waals surface area contributed by atoms with E-state index < -0.39 is 11.6 Å². The Morgan fingerprint density at radius 2 is 1.74 bits per heavy atom. The number of nitrogens with zero attached hydrogens (tertiary/aromatic N) is 2. The number of nitrogens with one attached hydrogen (secondary N) is 1. The highest BCUT2D eigenvalue weighted by Gasteiger charge is 2.42. The van der Waals surface area contributed by atoms with Crippen molar-refractivity contribution in [1.82, 2.24) is 15.2 Å². The number of pyridine rings is 1. The number of rotatable bonds is 15. The monoisotopic (exact) mass is 665 g/mol. The van der Waals surface area contributed by atoms with Crippen LogP contribution in [0.3, 0.4) is 0 Å². The number of aromatic nitrogens is 1. The van der Waals surface area contributed by atoms with E-state index in [2.05, 4.69) is 39.5 Å². The number of methoxy groups -OCH3 is 1. The van der Waals surface area contributed by atoms with Crippen molar-refractivity contribution < 1.29 is 27.8 Å². The van der Waals surface area contributed by atoms with Crippen LogP contribution in [0.5, 0.6) is 11.6 Å². The van der Waals surface area contributed by atoms with E-state index in [-0.39, 0.29) is 35.4 Å². The number of hydrogen-bond acceptors (Lipinski definition) is 6. The molecule has 1 saturated carbocycles. The summed E-state index contributed by atoms with van der Waals surface area (Å²) in [5.74, 6) is -0.922. The molecule has 250 valence electrons. The van der Waals surface area contributed by atoms with Crippen LogP contribution in [-0.4, -0.2) is 60.8 Å². The highest BCUT2D eigenvalue weighted by molar-refractivity contribution is 6.32. The summed E-state index contributed by atoms with van der Waals surface area (Å²) in [4.78, 5) is 21.0. The molecule has 3 heterocycles. The third-order valence-corrected chi connectivity index (χ3v) is 9.70. The first kappa shape index (κ1) is 33.4. The molecule has 1 saturated heterocycles. The molecule has 2 atom stereocenters. The first-order chi connectivity index (χ1) is 22.8.